The van der Waals surface area contributed by atoms with Crippen molar-refractivity contribution in [2.75, 3.05) is 20.2 Å². The first-order valence-corrected chi connectivity index (χ1v) is 7.68. The lowest BCUT2D eigenvalue weighted by atomic mass is 10.0. The summed E-state index contributed by atoms with van der Waals surface area (Å²) in [6.07, 6.45) is 1.86. The summed E-state index contributed by atoms with van der Waals surface area (Å²) in [5.74, 6) is -1.38. The molecule has 1 fully saturated rings. The van der Waals surface area contributed by atoms with E-state index >= 15 is 0 Å². The molecule has 2 aromatic rings. The molecule has 0 saturated carbocycles. The van der Waals surface area contributed by atoms with Crippen molar-refractivity contribution in [2.24, 2.45) is 0 Å². The van der Waals surface area contributed by atoms with Gasteiger partial charge in [-0.05, 0) is 18.1 Å². The standard InChI is InChI=1S/C16H18F2N4O2/c1-24-15-9-22(8-12(15)14-7-19-21-20-14)16(23)5-3-10-2-4-11(17)6-13(10)18/h2,4,6-7,12,15H,3,5,8-9H2,1H3,(H,19,20,21)/t12-,15+/m0/s1. The molecular formula is C16H18F2N4O2. The second-order valence-corrected chi connectivity index (χ2v) is 5.81. The van der Waals surface area contributed by atoms with Crippen molar-refractivity contribution >= 4 is 5.91 Å². The summed E-state index contributed by atoms with van der Waals surface area (Å²) in [5, 5.41) is 10.4. The van der Waals surface area contributed by atoms with Crippen molar-refractivity contribution < 1.29 is 18.3 Å². The number of aromatic amines is 1. The van der Waals surface area contributed by atoms with Crippen LogP contribution in [0.2, 0.25) is 0 Å². The maximum Gasteiger partial charge on any atom is 0.223 e. The van der Waals surface area contributed by atoms with Crippen LogP contribution < -0.4 is 0 Å². The molecule has 6 nitrogen and oxygen atoms in total. The molecule has 0 spiro atoms. The number of carbonyl (C=O) groups is 1. The zero-order valence-electron chi connectivity index (χ0n) is 13.2. The van der Waals surface area contributed by atoms with Crippen LogP contribution in [0.4, 0.5) is 8.78 Å². The SMILES string of the molecule is CO[C@@H]1CN(C(=O)CCc2ccc(F)cc2F)C[C@H]1c1cn[nH]n1. The number of hydrogen-bond donors (Lipinski definition) is 1. The first kappa shape index (κ1) is 16.5. The molecule has 0 unspecified atom stereocenters. The summed E-state index contributed by atoms with van der Waals surface area (Å²) >= 11 is 0. The number of rotatable bonds is 5. The number of methoxy groups -OCH3 is 1. The van der Waals surface area contributed by atoms with Gasteiger partial charge in [-0.15, -0.1) is 0 Å². The Morgan fingerprint density at radius 3 is 2.92 bits per heavy atom. The van der Waals surface area contributed by atoms with Gasteiger partial charge in [0.15, 0.2) is 0 Å². The lowest BCUT2D eigenvalue weighted by Crippen LogP contribution is -2.30. The summed E-state index contributed by atoms with van der Waals surface area (Å²) in [6, 6.07) is 3.40. The third-order valence-electron chi connectivity index (χ3n) is 4.36. The number of likely N-dealkylation sites (tertiary alicyclic amines) is 1. The summed E-state index contributed by atoms with van der Waals surface area (Å²) in [5.41, 5.74) is 1.09. The number of benzene rings is 1. The molecular weight excluding hydrogens is 318 g/mol. The number of hydrogen-bond acceptors (Lipinski definition) is 4. The summed E-state index contributed by atoms with van der Waals surface area (Å²) in [4.78, 5) is 14.1. The Morgan fingerprint density at radius 1 is 1.42 bits per heavy atom. The minimum Gasteiger partial charge on any atom is -0.379 e. The predicted octanol–water partition coefficient (Wildman–Crippen LogP) is 1.66. The van der Waals surface area contributed by atoms with E-state index in [-0.39, 0.29) is 30.8 Å². The molecule has 2 atom stereocenters. The highest BCUT2D eigenvalue weighted by molar-refractivity contribution is 5.77. The number of aromatic nitrogens is 3. The lowest BCUT2D eigenvalue weighted by molar-refractivity contribution is -0.130. The van der Waals surface area contributed by atoms with Gasteiger partial charge >= 0.3 is 0 Å². The maximum atomic E-state index is 13.6. The fourth-order valence-corrected chi connectivity index (χ4v) is 3.01. The van der Waals surface area contributed by atoms with E-state index in [0.717, 1.165) is 11.8 Å². The molecule has 1 aliphatic heterocycles. The number of aryl methyl sites for hydroxylation is 1. The summed E-state index contributed by atoms with van der Waals surface area (Å²) < 4.78 is 32.0. The van der Waals surface area contributed by atoms with Crippen LogP contribution in [0.3, 0.4) is 0 Å². The van der Waals surface area contributed by atoms with E-state index in [0.29, 0.717) is 18.7 Å². The number of nitrogens with zero attached hydrogens (tertiary/aromatic N) is 3. The van der Waals surface area contributed by atoms with E-state index in [1.807, 2.05) is 0 Å². The van der Waals surface area contributed by atoms with Crippen LogP contribution in [-0.4, -0.2) is 52.5 Å². The van der Waals surface area contributed by atoms with Crippen molar-refractivity contribution in [1.29, 1.82) is 0 Å². The maximum absolute atomic E-state index is 13.6. The van der Waals surface area contributed by atoms with E-state index in [1.165, 1.54) is 12.1 Å². The zero-order valence-corrected chi connectivity index (χ0v) is 13.2. The molecule has 2 heterocycles. The first-order chi connectivity index (χ1) is 11.6. The second kappa shape index (κ2) is 7.04. The topological polar surface area (TPSA) is 71.1 Å². The van der Waals surface area contributed by atoms with Crippen LogP contribution in [0, 0.1) is 11.6 Å². The molecule has 1 aliphatic rings. The van der Waals surface area contributed by atoms with Gasteiger partial charge in [-0.1, -0.05) is 6.07 Å². The molecule has 3 rings (SSSR count). The highest BCUT2D eigenvalue weighted by atomic mass is 19.1. The highest BCUT2D eigenvalue weighted by Crippen LogP contribution is 2.28. The van der Waals surface area contributed by atoms with Gasteiger partial charge in [0.1, 0.15) is 11.6 Å². The van der Waals surface area contributed by atoms with E-state index < -0.39 is 11.6 Å². The summed E-state index contributed by atoms with van der Waals surface area (Å²) in [6.45, 7) is 0.939. The van der Waals surface area contributed by atoms with Crippen molar-refractivity contribution in [2.45, 2.75) is 24.9 Å². The van der Waals surface area contributed by atoms with Gasteiger partial charge in [0, 0.05) is 32.7 Å². The third-order valence-corrected chi connectivity index (χ3v) is 4.36. The Balaban J connectivity index is 1.61. The quantitative estimate of drug-likeness (QED) is 0.901. The molecule has 8 heteroatoms. The average molecular weight is 336 g/mol. The minimum absolute atomic E-state index is 0.0414. The molecule has 24 heavy (non-hydrogen) atoms. The normalized spacial score (nSPS) is 20.5. The van der Waals surface area contributed by atoms with Gasteiger partial charge < -0.3 is 9.64 Å². The Kier molecular flexibility index (Phi) is 4.84. The summed E-state index contributed by atoms with van der Waals surface area (Å²) in [7, 11) is 1.60. The van der Waals surface area contributed by atoms with Gasteiger partial charge in [-0.25, -0.2) is 8.78 Å². The van der Waals surface area contributed by atoms with Crippen LogP contribution in [0.25, 0.3) is 0 Å². The molecule has 0 radical (unpaired) electrons. The van der Waals surface area contributed by atoms with Gasteiger partial charge in [0.05, 0.1) is 23.9 Å². The number of amides is 1. The molecule has 1 aromatic heterocycles. The average Bonchev–Trinajstić information content (AvgIpc) is 3.22. The smallest absolute Gasteiger partial charge is 0.223 e. The second-order valence-electron chi connectivity index (χ2n) is 5.81. The van der Waals surface area contributed by atoms with Crippen LogP contribution in [0.1, 0.15) is 23.6 Å². The Hall–Kier alpha value is -2.35. The fraction of sp³-hybridized carbons (Fsp3) is 0.438. The van der Waals surface area contributed by atoms with Crippen molar-refractivity contribution in [3.05, 3.63) is 47.3 Å². The van der Waals surface area contributed by atoms with E-state index in [9.17, 15) is 13.6 Å². The molecule has 1 amide bonds. The van der Waals surface area contributed by atoms with Crippen molar-refractivity contribution in [3.8, 4) is 0 Å². The van der Waals surface area contributed by atoms with Crippen LogP contribution in [-0.2, 0) is 16.0 Å². The number of nitrogens with one attached hydrogen (secondary N) is 1. The van der Waals surface area contributed by atoms with Crippen LogP contribution in [0.5, 0.6) is 0 Å². The van der Waals surface area contributed by atoms with Crippen LogP contribution >= 0.6 is 0 Å². The molecule has 1 saturated heterocycles. The Labute approximate surface area is 137 Å². The third kappa shape index (κ3) is 3.43. The molecule has 128 valence electrons. The Bertz CT molecular complexity index is 708. The molecule has 1 aromatic carbocycles. The first-order valence-electron chi connectivity index (χ1n) is 7.68. The van der Waals surface area contributed by atoms with Crippen molar-refractivity contribution in [3.63, 3.8) is 0 Å². The van der Waals surface area contributed by atoms with Crippen LogP contribution in [0.15, 0.2) is 24.4 Å². The molecule has 0 aliphatic carbocycles. The predicted molar refractivity (Wildman–Crippen MR) is 81.2 cm³/mol. The zero-order chi connectivity index (χ0) is 17.1. The molecule has 1 N–H and O–H groups in total. The highest BCUT2D eigenvalue weighted by Gasteiger charge is 2.37. The number of carbonyl (C=O) groups excluding carboxylic acids is 1. The monoisotopic (exact) mass is 336 g/mol. The Morgan fingerprint density at radius 2 is 2.25 bits per heavy atom. The fourth-order valence-electron chi connectivity index (χ4n) is 3.01. The largest absolute Gasteiger partial charge is 0.379 e. The number of halogens is 2. The van der Waals surface area contributed by atoms with Crippen molar-refractivity contribution in [1.82, 2.24) is 20.3 Å². The minimum atomic E-state index is -0.625. The number of ether oxygens (including phenoxy) is 1. The van der Waals surface area contributed by atoms with E-state index in [1.54, 1.807) is 18.2 Å². The van der Waals surface area contributed by atoms with Gasteiger partial charge in [0.25, 0.3) is 0 Å². The van der Waals surface area contributed by atoms with Gasteiger partial charge in [0.2, 0.25) is 5.91 Å². The van der Waals surface area contributed by atoms with E-state index in [2.05, 4.69) is 15.4 Å². The van der Waals surface area contributed by atoms with Gasteiger partial charge in [-0.2, -0.15) is 15.4 Å². The lowest BCUT2D eigenvalue weighted by Gasteiger charge is -2.16. The number of H-pyrrole nitrogens is 1. The molecule has 0 bridgehead atoms. The van der Waals surface area contributed by atoms with Gasteiger partial charge in [-0.3, -0.25) is 4.79 Å². The van der Waals surface area contributed by atoms with E-state index in [4.69, 9.17) is 4.74 Å².